The van der Waals surface area contributed by atoms with E-state index in [1.807, 2.05) is 43.3 Å². The summed E-state index contributed by atoms with van der Waals surface area (Å²) in [7, 11) is 2.11. The number of nitrogens with zero attached hydrogens (tertiary/aromatic N) is 5. The monoisotopic (exact) mass is 402 g/mol. The third kappa shape index (κ3) is 3.61. The molecule has 2 aliphatic heterocycles. The highest BCUT2D eigenvalue weighted by atomic mass is 16.3. The zero-order chi connectivity index (χ0) is 20.7. The highest BCUT2D eigenvalue weighted by Crippen LogP contribution is 2.33. The Kier molecular flexibility index (Phi) is 4.83. The van der Waals surface area contributed by atoms with E-state index in [0.29, 0.717) is 29.4 Å². The number of benzene rings is 1. The molecule has 1 unspecified atom stereocenters. The number of hydrogen-bond donors (Lipinski definition) is 2. The van der Waals surface area contributed by atoms with E-state index in [9.17, 15) is 5.11 Å². The molecule has 154 valence electrons. The van der Waals surface area contributed by atoms with Gasteiger partial charge in [0.1, 0.15) is 5.75 Å². The van der Waals surface area contributed by atoms with E-state index in [2.05, 4.69) is 37.7 Å². The first-order chi connectivity index (χ1) is 14.6. The third-order valence-electron chi connectivity index (χ3n) is 6.38. The maximum Gasteiger partial charge on any atom is 0.151 e. The van der Waals surface area contributed by atoms with Gasteiger partial charge >= 0.3 is 0 Å². The lowest BCUT2D eigenvalue weighted by atomic mass is 9.98. The van der Waals surface area contributed by atoms with Crippen molar-refractivity contribution in [2.24, 2.45) is 0 Å². The van der Waals surface area contributed by atoms with Crippen LogP contribution in [0.5, 0.6) is 5.75 Å². The van der Waals surface area contributed by atoms with Crippen molar-refractivity contribution in [2.45, 2.75) is 50.7 Å². The molecule has 5 rings (SSSR count). The SMILES string of the molecule is Cc1ccc(-c2ccc(-c3ccc(N(C)[C@H]4CC5CC[C@H](C4)N5)nn3)c(O)c2)nn1. The summed E-state index contributed by atoms with van der Waals surface area (Å²) in [6.07, 6.45) is 4.87. The number of aryl methyl sites for hydroxylation is 1. The van der Waals surface area contributed by atoms with Crippen molar-refractivity contribution < 1.29 is 5.11 Å². The summed E-state index contributed by atoms with van der Waals surface area (Å²) in [6, 6.07) is 14.9. The van der Waals surface area contributed by atoms with Crippen LogP contribution in [-0.2, 0) is 0 Å². The predicted octanol–water partition coefficient (Wildman–Crippen LogP) is 3.33. The Hall–Kier alpha value is -3.06. The van der Waals surface area contributed by atoms with Gasteiger partial charge in [-0.05, 0) is 69.0 Å². The van der Waals surface area contributed by atoms with Crippen LogP contribution in [0.15, 0.2) is 42.5 Å². The standard InChI is InChI=1S/C23H26N6O/c1-14-3-8-20(26-25-14)15-4-7-19(22(30)11-15)21-9-10-23(28-27-21)29(2)18-12-16-5-6-17(13-18)24-16/h3-4,7-11,16-18,24,30H,5-6,12-13H2,1-2H3/t16-,17?,18-/m1/s1. The van der Waals surface area contributed by atoms with Crippen LogP contribution in [0.3, 0.4) is 0 Å². The van der Waals surface area contributed by atoms with Gasteiger partial charge in [0, 0.05) is 36.3 Å². The van der Waals surface area contributed by atoms with Gasteiger partial charge in [-0.15, -0.1) is 10.2 Å². The molecule has 2 fully saturated rings. The van der Waals surface area contributed by atoms with Crippen LogP contribution in [0.4, 0.5) is 5.82 Å². The summed E-state index contributed by atoms with van der Waals surface area (Å²) in [5.41, 5.74) is 3.70. The Morgan fingerprint density at radius 3 is 2.27 bits per heavy atom. The number of anilines is 1. The molecule has 3 atom stereocenters. The number of phenols is 1. The van der Waals surface area contributed by atoms with Crippen LogP contribution in [-0.4, -0.2) is 50.7 Å². The average molecular weight is 403 g/mol. The lowest BCUT2D eigenvalue weighted by Crippen LogP contribution is -2.47. The number of fused-ring (bicyclic) bond motifs is 2. The second-order valence-electron chi connectivity index (χ2n) is 8.44. The van der Waals surface area contributed by atoms with Gasteiger partial charge in [0.2, 0.25) is 0 Å². The van der Waals surface area contributed by atoms with Crippen LogP contribution in [0.25, 0.3) is 22.5 Å². The fourth-order valence-corrected chi connectivity index (χ4v) is 4.65. The molecule has 3 aromatic rings. The Balaban J connectivity index is 1.34. The molecule has 0 amide bonds. The summed E-state index contributed by atoms with van der Waals surface area (Å²) < 4.78 is 0. The van der Waals surface area contributed by atoms with Crippen LogP contribution < -0.4 is 10.2 Å². The quantitative estimate of drug-likeness (QED) is 0.692. The maximum atomic E-state index is 10.6. The van der Waals surface area contributed by atoms with Gasteiger partial charge < -0.3 is 15.3 Å². The van der Waals surface area contributed by atoms with Crippen molar-refractivity contribution in [3.63, 3.8) is 0 Å². The Labute approximate surface area is 176 Å². The minimum Gasteiger partial charge on any atom is -0.507 e. The van der Waals surface area contributed by atoms with E-state index >= 15 is 0 Å². The second-order valence-corrected chi connectivity index (χ2v) is 8.44. The van der Waals surface area contributed by atoms with Gasteiger partial charge in [-0.25, -0.2) is 0 Å². The molecule has 2 bridgehead atoms. The van der Waals surface area contributed by atoms with Crippen LogP contribution in [0, 0.1) is 6.92 Å². The van der Waals surface area contributed by atoms with Gasteiger partial charge in [-0.1, -0.05) is 6.07 Å². The molecule has 2 saturated heterocycles. The molecule has 0 saturated carbocycles. The first-order valence-electron chi connectivity index (χ1n) is 10.5. The molecule has 7 heteroatoms. The zero-order valence-electron chi connectivity index (χ0n) is 17.3. The number of nitrogens with one attached hydrogen (secondary N) is 1. The lowest BCUT2D eigenvalue weighted by molar-refractivity contribution is 0.353. The van der Waals surface area contributed by atoms with E-state index in [1.165, 1.54) is 12.8 Å². The number of phenolic OH excluding ortho intramolecular Hbond substituents is 1. The molecule has 0 aliphatic carbocycles. The Bertz CT molecular complexity index is 1020. The molecule has 2 aliphatic rings. The van der Waals surface area contributed by atoms with Crippen molar-refractivity contribution in [1.29, 1.82) is 0 Å². The maximum absolute atomic E-state index is 10.6. The molecule has 30 heavy (non-hydrogen) atoms. The summed E-state index contributed by atoms with van der Waals surface area (Å²) >= 11 is 0. The molecular formula is C23H26N6O. The molecule has 1 aromatic carbocycles. The molecular weight excluding hydrogens is 376 g/mol. The molecule has 7 nitrogen and oxygen atoms in total. The zero-order valence-corrected chi connectivity index (χ0v) is 17.3. The molecule has 0 radical (unpaired) electrons. The predicted molar refractivity (Wildman–Crippen MR) is 116 cm³/mol. The number of aromatic nitrogens is 4. The van der Waals surface area contributed by atoms with Crippen LogP contribution in [0.1, 0.15) is 31.4 Å². The number of hydrogen-bond acceptors (Lipinski definition) is 7. The first kappa shape index (κ1) is 18.9. The second kappa shape index (κ2) is 7.65. The summed E-state index contributed by atoms with van der Waals surface area (Å²) in [6.45, 7) is 1.90. The fraction of sp³-hybridized carbons (Fsp3) is 0.391. The topological polar surface area (TPSA) is 87.1 Å². The van der Waals surface area contributed by atoms with Crippen molar-refractivity contribution in [1.82, 2.24) is 25.7 Å². The van der Waals surface area contributed by atoms with Crippen molar-refractivity contribution in [2.75, 3.05) is 11.9 Å². The summed E-state index contributed by atoms with van der Waals surface area (Å²) in [5.74, 6) is 1.02. The highest BCUT2D eigenvalue weighted by molar-refractivity contribution is 5.73. The van der Waals surface area contributed by atoms with Crippen LogP contribution >= 0.6 is 0 Å². The van der Waals surface area contributed by atoms with E-state index in [4.69, 9.17) is 0 Å². The first-order valence-corrected chi connectivity index (χ1v) is 10.5. The summed E-state index contributed by atoms with van der Waals surface area (Å²) in [5, 5.41) is 31.4. The van der Waals surface area contributed by atoms with Gasteiger partial charge in [-0.2, -0.15) is 10.2 Å². The highest BCUT2D eigenvalue weighted by Gasteiger charge is 2.35. The Morgan fingerprint density at radius 1 is 0.900 bits per heavy atom. The Morgan fingerprint density at radius 2 is 1.63 bits per heavy atom. The van der Waals surface area contributed by atoms with Gasteiger partial charge in [0.05, 0.1) is 17.1 Å². The lowest BCUT2D eigenvalue weighted by Gasteiger charge is -2.36. The van der Waals surface area contributed by atoms with E-state index in [1.54, 1.807) is 6.07 Å². The van der Waals surface area contributed by atoms with Crippen molar-refractivity contribution in [3.05, 3.63) is 48.2 Å². The molecule has 2 N–H and O–H groups in total. The third-order valence-corrected chi connectivity index (χ3v) is 6.38. The fourth-order valence-electron chi connectivity index (χ4n) is 4.65. The van der Waals surface area contributed by atoms with Crippen molar-refractivity contribution in [3.8, 4) is 28.3 Å². The van der Waals surface area contributed by atoms with E-state index in [-0.39, 0.29) is 5.75 Å². The summed E-state index contributed by atoms with van der Waals surface area (Å²) in [4.78, 5) is 2.25. The minimum atomic E-state index is 0.153. The van der Waals surface area contributed by atoms with Gasteiger partial charge in [0.25, 0.3) is 0 Å². The van der Waals surface area contributed by atoms with Crippen LogP contribution in [0.2, 0.25) is 0 Å². The number of piperidine rings is 1. The normalized spacial score (nSPS) is 22.8. The number of aromatic hydroxyl groups is 1. The minimum absolute atomic E-state index is 0.153. The van der Waals surface area contributed by atoms with Gasteiger partial charge in [0.15, 0.2) is 5.82 Å². The largest absolute Gasteiger partial charge is 0.507 e. The molecule has 0 spiro atoms. The van der Waals surface area contributed by atoms with Crippen molar-refractivity contribution >= 4 is 5.82 Å². The number of rotatable bonds is 4. The van der Waals surface area contributed by atoms with E-state index < -0.39 is 0 Å². The van der Waals surface area contributed by atoms with Gasteiger partial charge in [-0.3, -0.25) is 0 Å². The molecule has 4 heterocycles. The average Bonchev–Trinajstić information content (AvgIpc) is 3.11. The smallest absolute Gasteiger partial charge is 0.151 e. The molecule has 2 aromatic heterocycles. The van der Waals surface area contributed by atoms with E-state index in [0.717, 1.165) is 35.6 Å².